The Kier molecular flexibility index (Phi) is 6.69. The molecule has 0 saturated heterocycles. The number of methoxy groups -OCH3 is 3. The summed E-state index contributed by atoms with van der Waals surface area (Å²) in [5.74, 6) is 2.56. The first kappa shape index (κ1) is 17.9. The van der Waals surface area contributed by atoms with Crippen LogP contribution in [0, 0.1) is 0 Å². The van der Waals surface area contributed by atoms with Gasteiger partial charge in [0, 0.05) is 30.4 Å². The third-order valence-electron chi connectivity index (χ3n) is 3.55. The van der Waals surface area contributed by atoms with Crippen LogP contribution in [0.4, 0.5) is 0 Å². The minimum Gasteiger partial charge on any atom is -0.493 e. The molecule has 0 amide bonds. The second-order valence-electron chi connectivity index (χ2n) is 5.00. The number of pyridine rings is 1. The summed E-state index contributed by atoms with van der Waals surface area (Å²) in [4.78, 5) is 4.25. The molecule has 6 heteroatoms. The molecule has 0 unspecified atom stereocenters. The van der Waals surface area contributed by atoms with E-state index in [1.54, 1.807) is 27.5 Å². The van der Waals surface area contributed by atoms with Gasteiger partial charge in [0.15, 0.2) is 11.5 Å². The molecule has 2 rings (SSSR count). The molecule has 1 heterocycles. The van der Waals surface area contributed by atoms with E-state index in [0.29, 0.717) is 42.8 Å². The van der Waals surface area contributed by atoms with Gasteiger partial charge in [0.05, 0.1) is 27.9 Å². The fourth-order valence-electron chi connectivity index (χ4n) is 2.46. The molecule has 0 bridgehead atoms. The molecule has 0 aliphatic carbocycles. The van der Waals surface area contributed by atoms with Gasteiger partial charge in [-0.15, -0.1) is 0 Å². The van der Waals surface area contributed by atoms with Crippen LogP contribution in [0.25, 0.3) is 0 Å². The summed E-state index contributed by atoms with van der Waals surface area (Å²) < 4.78 is 21.7. The fraction of sp³-hybridized carbons (Fsp3) is 0.389. The maximum Gasteiger partial charge on any atom is 0.217 e. The highest BCUT2D eigenvalue weighted by atomic mass is 16.5. The van der Waals surface area contributed by atoms with Crippen molar-refractivity contribution in [2.24, 2.45) is 0 Å². The van der Waals surface area contributed by atoms with Gasteiger partial charge in [0.2, 0.25) is 11.6 Å². The quantitative estimate of drug-likeness (QED) is 0.762. The first-order valence-corrected chi connectivity index (χ1v) is 7.80. The number of nitrogens with one attached hydrogen (secondary N) is 1. The Morgan fingerprint density at radius 1 is 0.917 bits per heavy atom. The predicted molar refractivity (Wildman–Crippen MR) is 92.0 cm³/mol. The van der Waals surface area contributed by atoms with Crippen molar-refractivity contribution in [3.8, 4) is 23.1 Å². The van der Waals surface area contributed by atoms with Crippen LogP contribution < -0.4 is 24.3 Å². The molecule has 0 fully saturated rings. The highest BCUT2D eigenvalue weighted by Gasteiger charge is 2.15. The average molecular weight is 332 g/mol. The van der Waals surface area contributed by atoms with E-state index in [0.717, 1.165) is 11.1 Å². The van der Waals surface area contributed by atoms with Crippen LogP contribution in [0.15, 0.2) is 30.5 Å². The van der Waals surface area contributed by atoms with E-state index in [4.69, 9.17) is 18.9 Å². The fourth-order valence-corrected chi connectivity index (χ4v) is 2.46. The number of hydrogen-bond acceptors (Lipinski definition) is 6. The minimum absolute atomic E-state index is 0.591. The lowest BCUT2D eigenvalue weighted by molar-refractivity contribution is 0.320. The molecule has 0 aliphatic heterocycles. The van der Waals surface area contributed by atoms with E-state index in [9.17, 15) is 0 Å². The van der Waals surface area contributed by atoms with Gasteiger partial charge in [0.1, 0.15) is 0 Å². The van der Waals surface area contributed by atoms with Gasteiger partial charge in [-0.2, -0.15) is 0 Å². The van der Waals surface area contributed by atoms with Crippen LogP contribution in [-0.4, -0.2) is 32.9 Å². The van der Waals surface area contributed by atoms with Crippen molar-refractivity contribution < 1.29 is 18.9 Å². The molecule has 0 aliphatic rings. The lowest BCUT2D eigenvalue weighted by atomic mass is 10.1. The zero-order chi connectivity index (χ0) is 17.4. The molecule has 0 spiro atoms. The summed E-state index contributed by atoms with van der Waals surface area (Å²) in [6.45, 7) is 3.79. The molecule has 24 heavy (non-hydrogen) atoms. The van der Waals surface area contributed by atoms with Gasteiger partial charge in [-0.25, -0.2) is 4.98 Å². The van der Waals surface area contributed by atoms with Crippen molar-refractivity contribution in [2.45, 2.75) is 20.0 Å². The standard InChI is InChI=1S/C18H24N2O4/c1-5-24-18-14(7-6-10-20-18)12-19-11-13-8-9-15(21-2)17(23-4)16(13)22-3/h6-10,19H,5,11-12H2,1-4H3. The summed E-state index contributed by atoms with van der Waals surface area (Å²) in [6, 6.07) is 7.72. The summed E-state index contributed by atoms with van der Waals surface area (Å²) in [5, 5.41) is 3.38. The average Bonchev–Trinajstić information content (AvgIpc) is 2.62. The Balaban J connectivity index is 2.10. The van der Waals surface area contributed by atoms with Gasteiger partial charge in [-0.1, -0.05) is 12.1 Å². The van der Waals surface area contributed by atoms with Crippen molar-refractivity contribution in [3.05, 3.63) is 41.6 Å². The van der Waals surface area contributed by atoms with Crippen LogP contribution in [0.3, 0.4) is 0 Å². The molecular formula is C18H24N2O4. The predicted octanol–water partition coefficient (Wildman–Crippen LogP) is 2.80. The van der Waals surface area contributed by atoms with E-state index in [-0.39, 0.29) is 0 Å². The third kappa shape index (κ3) is 4.08. The van der Waals surface area contributed by atoms with E-state index >= 15 is 0 Å². The molecule has 1 aromatic carbocycles. The van der Waals surface area contributed by atoms with E-state index in [1.807, 2.05) is 31.2 Å². The number of aromatic nitrogens is 1. The zero-order valence-corrected chi connectivity index (χ0v) is 14.6. The van der Waals surface area contributed by atoms with Crippen molar-refractivity contribution in [1.29, 1.82) is 0 Å². The Morgan fingerprint density at radius 2 is 1.67 bits per heavy atom. The topological polar surface area (TPSA) is 61.8 Å². The second kappa shape index (κ2) is 8.98. The van der Waals surface area contributed by atoms with Crippen LogP contribution >= 0.6 is 0 Å². The maximum absolute atomic E-state index is 5.54. The Labute approximate surface area is 142 Å². The van der Waals surface area contributed by atoms with Crippen molar-refractivity contribution in [1.82, 2.24) is 10.3 Å². The molecule has 130 valence electrons. The van der Waals surface area contributed by atoms with E-state index in [2.05, 4.69) is 10.3 Å². The molecule has 2 aromatic rings. The number of ether oxygens (including phenoxy) is 4. The van der Waals surface area contributed by atoms with Gasteiger partial charge < -0.3 is 24.3 Å². The summed E-state index contributed by atoms with van der Waals surface area (Å²) in [6.07, 6.45) is 1.73. The van der Waals surface area contributed by atoms with Crippen molar-refractivity contribution >= 4 is 0 Å². The number of nitrogens with zero attached hydrogens (tertiary/aromatic N) is 1. The SMILES string of the molecule is CCOc1ncccc1CNCc1ccc(OC)c(OC)c1OC. The molecule has 0 atom stereocenters. The minimum atomic E-state index is 0.591. The first-order chi connectivity index (χ1) is 11.7. The molecule has 0 saturated carbocycles. The molecule has 0 radical (unpaired) electrons. The monoisotopic (exact) mass is 332 g/mol. The lowest BCUT2D eigenvalue weighted by Gasteiger charge is -2.16. The van der Waals surface area contributed by atoms with Crippen LogP contribution in [-0.2, 0) is 13.1 Å². The smallest absolute Gasteiger partial charge is 0.217 e. The lowest BCUT2D eigenvalue weighted by Crippen LogP contribution is -2.15. The molecule has 6 nitrogen and oxygen atoms in total. The van der Waals surface area contributed by atoms with Crippen molar-refractivity contribution in [3.63, 3.8) is 0 Å². The van der Waals surface area contributed by atoms with E-state index < -0.39 is 0 Å². The Hall–Kier alpha value is -2.47. The number of benzene rings is 1. The Morgan fingerprint density at radius 3 is 2.33 bits per heavy atom. The normalized spacial score (nSPS) is 10.3. The summed E-state index contributed by atoms with van der Waals surface area (Å²) in [5.41, 5.74) is 2.00. The Bertz CT molecular complexity index is 661. The number of hydrogen-bond donors (Lipinski definition) is 1. The van der Waals surface area contributed by atoms with Gasteiger partial charge in [-0.05, 0) is 19.1 Å². The van der Waals surface area contributed by atoms with Crippen LogP contribution in [0.1, 0.15) is 18.1 Å². The highest BCUT2D eigenvalue weighted by Crippen LogP contribution is 2.39. The van der Waals surface area contributed by atoms with Crippen LogP contribution in [0.2, 0.25) is 0 Å². The van der Waals surface area contributed by atoms with Gasteiger partial charge in [0.25, 0.3) is 0 Å². The molecule has 1 aromatic heterocycles. The van der Waals surface area contributed by atoms with E-state index in [1.165, 1.54) is 0 Å². The highest BCUT2D eigenvalue weighted by molar-refractivity contribution is 5.55. The molecular weight excluding hydrogens is 308 g/mol. The van der Waals surface area contributed by atoms with Gasteiger partial charge in [-0.3, -0.25) is 0 Å². The number of rotatable bonds is 9. The molecule has 1 N–H and O–H groups in total. The van der Waals surface area contributed by atoms with Crippen molar-refractivity contribution in [2.75, 3.05) is 27.9 Å². The second-order valence-corrected chi connectivity index (χ2v) is 5.00. The van der Waals surface area contributed by atoms with Crippen LogP contribution in [0.5, 0.6) is 23.1 Å². The zero-order valence-electron chi connectivity index (χ0n) is 14.6. The first-order valence-electron chi connectivity index (χ1n) is 7.80. The van der Waals surface area contributed by atoms with Gasteiger partial charge >= 0.3 is 0 Å². The largest absolute Gasteiger partial charge is 0.493 e. The summed E-state index contributed by atoms with van der Waals surface area (Å²) in [7, 11) is 4.82. The third-order valence-corrected chi connectivity index (χ3v) is 3.55. The maximum atomic E-state index is 5.54. The summed E-state index contributed by atoms with van der Waals surface area (Å²) >= 11 is 0.